The molecule has 2 amide bonds. The molecular formula is C50H64F4N9O5SU-. The summed E-state index contributed by atoms with van der Waals surface area (Å²) in [6.07, 6.45) is 10.3. The standard InChI is InChI=1S/C25H32N3O3.C24H28F4N6OS.CH4O.U/c29-24-8-7-23(25(30)27-24)21-5-3-19(4-6-21)2-1-17-31-22-11-15-28(16-12-22)18-20-9-13-26-14-10-20;1-23(2,35)14-34-13-15(11-30-34)21-18(24(26,27)28)12-29-22(32-21)31-20-9-8-17(10-19(20)25)36-33-16-6-4-3-5-7-16;1-2;/h3-6,20,22-23H,7-18H2,(H,27,29,30);8-13,16,33,35H,3-7,14H2,1-2H3,(H,29,31,32);2H,1H3;/q-1;;;. The number of aromatic nitrogens is 4. The van der Waals surface area contributed by atoms with Crippen LogP contribution in [-0.4, -0.2) is 111 Å². The summed E-state index contributed by atoms with van der Waals surface area (Å²) in [5, 5.41) is 30.5. The number of carbonyl (C=O) groups is 2. The molecule has 1 saturated carbocycles. The molecule has 1 atom stereocenters. The van der Waals surface area contributed by atoms with Crippen LogP contribution in [0.25, 0.3) is 16.6 Å². The number of aliphatic hydroxyl groups is 2. The van der Waals surface area contributed by atoms with E-state index in [1.54, 1.807) is 19.9 Å². The first-order valence-corrected chi connectivity index (χ1v) is 24.5. The second-order valence-corrected chi connectivity index (χ2v) is 19.3. The van der Waals surface area contributed by atoms with E-state index in [-0.39, 0.29) is 72.6 Å². The van der Waals surface area contributed by atoms with Gasteiger partial charge in [0.25, 0.3) is 0 Å². The number of halogens is 4. The van der Waals surface area contributed by atoms with Crippen molar-refractivity contribution in [1.29, 1.82) is 0 Å². The average molecular weight is 1220 g/mol. The van der Waals surface area contributed by atoms with E-state index in [2.05, 4.69) is 52.5 Å². The van der Waals surface area contributed by atoms with Gasteiger partial charge >= 0.3 is 6.18 Å². The predicted molar refractivity (Wildman–Crippen MR) is 258 cm³/mol. The Hall–Kier alpha value is -3.89. The number of rotatable bonds is 13. The minimum absolute atomic E-state index is 0. The van der Waals surface area contributed by atoms with E-state index >= 15 is 0 Å². The molecule has 1 unspecified atom stereocenters. The summed E-state index contributed by atoms with van der Waals surface area (Å²) in [6.45, 7) is 9.20. The first-order chi connectivity index (χ1) is 33.1. The Morgan fingerprint density at radius 1 is 0.957 bits per heavy atom. The van der Waals surface area contributed by atoms with Gasteiger partial charge in [-0.25, -0.2) is 14.4 Å². The predicted octanol–water partition coefficient (Wildman–Crippen LogP) is 8.37. The number of nitrogens with one attached hydrogen (secondary N) is 3. The summed E-state index contributed by atoms with van der Waals surface area (Å²) < 4.78 is 66.4. The van der Waals surface area contributed by atoms with Crippen molar-refractivity contribution < 1.29 is 73.2 Å². The van der Waals surface area contributed by atoms with E-state index in [1.807, 2.05) is 24.3 Å². The molecule has 0 spiro atoms. The molecule has 8 rings (SSSR count). The van der Waals surface area contributed by atoms with Gasteiger partial charge in [-0.1, -0.05) is 56.1 Å². The number of hydrogen-bond acceptors (Lipinski definition) is 12. The maximum atomic E-state index is 14.8. The van der Waals surface area contributed by atoms with Crippen LogP contribution in [0.1, 0.15) is 107 Å². The molecule has 4 aliphatic rings. The maximum absolute atomic E-state index is 14.8. The molecule has 4 fully saturated rings. The summed E-state index contributed by atoms with van der Waals surface area (Å²) in [7, 11) is 1.00. The van der Waals surface area contributed by atoms with Crippen molar-refractivity contribution in [2.45, 2.75) is 126 Å². The molecule has 1 aliphatic carbocycles. The van der Waals surface area contributed by atoms with Crippen molar-refractivity contribution in [2.75, 3.05) is 51.8 Å². The van der Waals surface area contributed by atoms with Gasteiger partial charge in [-0.15, -0.1) is 13.1 Å². The molecule has 3 saturated heterocycles. The van der Waals surface area contributed by atoms with E-state index in [0.29, 0.717) is 42.7 Å². The Bertz CT molecular complexity index is 2340. The molecule has 378 valence electrons. The fourth-order valence-corrected chi connectivity index (χ4v) is 9.55. The number of nitrogens with zero attached hydrogens (tertiary/aromatic N) is 6. The van der Waals surface area contributed by atoms with Crippen molar-refractivity contribution in [3.05, 3.63) is 88.9 Å². The Labute approximate surface area is 436 Å². The second-order valence-electron chi connectivity index (χ2n) is 18.4. The quantitative estimate of drug-likeness (QED) is 0.0374. The summed E-state index contributed by atoms with van der Waals surface area (Å²) in [5.41, 5.74) is -0.570. The number of aliphatic hydroxyl groups excluding tert-OH is 1. The number of piperidine rings is 3. The van der Waals surface area contributed by atoms with Crippen LogP contribution in [0.3, 0.4) is 0 Å². The van der Waals surface area contributed by atoms with Crippen molar-refractivity contribution in [3.8, 4) is 23.1 Å². The van der Waals surface area contributed by atoms with E-state index in [1.165, 1.54) is 79.8 Å². The zero-order chi connectivity index (χ0) is 49.4. The van der Waals surface area contributed by atoms with E-state index in [9.17, 15) is 32.3 Å². The van der Waals surface area contributed by atoms with Crippen LogP contribution in [0.2, 0.25) is 0 Å². The third-order valence-corrected chi connectivity index (χ3v) is 13.2. The third kappa shape index (κ3) is 18.0. The molecule has 4 aromatic rings. The van der Waals surface area contributed by atoms with Gasteiger partial charge in [-0.05, 0) is 99.7 Å². The van der Waals surface area contributed by atoms with Crippen molar-refractivity contribution in [2.24, 2.45) is 5.92 Å². The number of imide groups is 1. The smallest absolute Gasteiger partial charge is 0.419 e. The molecule has 0 bridgehead atoms. The van der Waals surface area contributed by atoms with Crippen molar-refractivity contribution in [1.82, 2.24) is 34.7 Å². The van der Waals surface area contributed by atoms with E-state index in [4.69, 9.17) is 9.84 Å². The molecule has 14 nitrogen and oxygen atoms in total. The Morgan fingerprint density at radius 2 is 1.67 bits per heavy atom. The molecule has 2 aromatic carbocycles. The largest absolute Gasteiger partial charge is 0.662 e. The molecule has 5 heterocycles. The third-order valence-electron chi connectivity index (χ3n) is 12.3. The van der Waals surface area contributed by atoms with Gasteiger partial charge in [0.2, 0.25) is 17.8 Å². The normalized spacial score (nSPS) is 18.5. The molecular weight excluding hydrogens is 1150 g/mol. The minimum Gasteiger partial charge on any atom is -0.662 e. The van der Waals surface area contributed by atoms with Gasteiger partial charge < -0.3 is 30.5 Å². The van der Waals surface area contributed by atoms with Gasteiger partial charge in [0.15, 0.2) is 0 Å². The average Bonchev–Trinajstić information content (AvgIpc) is 3.79. The first kappa shape index (κ1) is 57.0. The number of amides is 2. The Morgan fingerprint density at radius 3 is 2.33 bits per heavy atom. The zero-order valence-electron chi connectivity index (χ0n) is 40.0. The number of benzene rings is 2. The van der Waals surface area contributed by atoms with Crippen LogP contribution in [0.4, 0.5) is 29.2 Å². The summed E-state index contributed by atoms with van der Waals surface area (Å²) in [5.74, 6) is 5.69. The van der Waals surface area contributed by atoms with Gasteiger partial charge in [0, 0.05) is 98.7 Å². The SMILES string of the molecule is CC(C)(O)Cn1cc(-c2nc(Nc3ccc(SNC4CCCCC4)cc3F)ncc2C(F)(F)F)cn1.CO.O=C1CCC(c2ccc(C#CCOC3CCN(CC4CC[N-]CC4)CC3)cc2)C(=O)N1.[U]. The van der Waals surface area contributed by atoms with Gasteiger partial charge in [0.1, 0.15) is 18.0 Å². The fraction of sp³-hybridized carbons (Fsp3) is 0.540. The number of carbonyl (C=O) groups excluding carboxylic acids is 2. The molecule has 2 aromatic heterocycles. The van der Waals surface area contributed by atoms with Crippen LogP contribution >= 0.6 is 11.9 Å². The zero-order valence-corrected chi connectivity index (χ0v) is 45.0. The Kier molecular flexibility index (Phi) is 22.6. The van der Waals surface area contributed by atoms with Crippen LogP contribution in [0, 0.1) is 54.7 Å². The maximum Gasteiger partial charge on any atom is 0.419 e. The second kappa shape index (κ2) is 27.8. The molecule has 0 radical (unpaired) electrons. The van der Waals surface area contributed by atoms with E-state index < -0.39 is 28.9 Å². The monoisotopic (exact) mass is 1220 g/mol. The summed E-state index contributed by atoms with van der Waals surface area (Å²) in [4.78, 5) is 34.4. The topological polar surface area (TPSA) is 181 Å². The fourth-order valence-electron chi connectivity index (χ4n) is 8.71. The van der Waals surface area contributed by atoms with Gasteiger partial charge in [-0.2, -0.15) is 18.3 Å². The van der Waals surface area contributed by atoms with Crippen LogP contribution < -0.4 is 15.4 Å². The number of anilines is 2. The van der Waals surface area contributed by atoms with Crippen molar-refractivity contribution in [3.63, 3.8) is 0 Å². The molecule has 70 heavy (non-hydrogen) atoms. The summed E-state index contributed by atoms with van der Waals surface area (Å²) >= 11 is 1.37. The van der Waals surface area contributed by atoms with Gasteiger partial charge in [-0.3, -0.25) is 24.3 Å². The number of alkyl halides is 3. The molecule has 20 heteroatoms. The van der Waals surface area contributed by atoms with Gasteiger partial charge in [0.05, 0.1) is 41.7 Å². The van der Waals surface area contributed by atoms with Crippen LogP contribution in [0.5, 0.6) is 0 Å². The molecule has 5 N–H and O–H groups in total. The molecule has 3 aliphatic heterocycles. The number of hydrogen-bond donors (Lipinski definition) is 5. The number of ether oxygens (including phenoxy) is 1. The van der Waals surface area contributed by atoms with E-state index in [0.717, 1.165) is 76.0 Å². The minimum atomic E-state index is -4.71. The summed E-state index contributed by atoms with van der Waals surface area (Å²) in [6, 6.07) is 12.7. The Balaban J connectivity index is 0.000000251. The first-order valence-electron chi connectivity index (χ1n) is 23.7. The van der Waals surface area contributed by atoms with Crippen LogP contribution in [-0.2, 0) is 27.0 Å². The van der Waals surface area contributed by atoms with Crippen LogP contribution in [0.15, 0.2) is 66.0 Å². The van der Waals surface area contributed by atoms with Crippen molar-refractivity contribution >= 4 is 35.4 Å². The number of likely N-dealkylation sites (tertiary alicyclic amines) is 1.